The summed E-state index contributed by atoms with van der Waals surface area (Å²) in [7, 11) is 0. The summed E-state index contributed by atoms with van der Waals surface area (Å²) < 4.78 is 1.78. The molecule has 0 fully saturated rings. The lowest BCUT2D eigenvalue weighted by Crippen LogP contribution is -2.42. The predicted molar refractivity (Wildman–Crippen MR) is 124 cm³/mol. The number of carbonyl (C=O) groups excluding carboxylic acids is 2. The van der Waals surface area contributed by atoms with Crippen LogP contribution in [0.1, 0.15) is 71.4 Å². The van der Waals surface area contributed by atoms with Crippen molar-refractivity contribution in [3.8, 4) is 0 Å². The summed E-state index contributed by atoms with van der Waals surface area (Å²) in [6.45, 7) is 15.6. The Kier molecular flexibility index (Phi) is 7.12. The second kappa shape index (κ2) is 9.10. The SMILES string of the molecule is CC(C)N(CC(=O)Nc1cc(C(C)(C)C)nn1C(C)(C)C)C(=O)c1ccc([N+](=O)[O-])cc1. The lowest BCUT2D eigenvalue weighted by Gasteiger charge is -2.27. The standard InChI is InChI=1S/C23H33N5O4/c1-15(2)26(21(30)16-9-11-17(12-10-16)28(31)32)14-20(29)24-19-13-18(22(3,4)5)25-27(19)23(6,7)8/h9-13,15H,14H2,1-8H3,(H,24,29). The fraction of sp³-hybridized carbons (Fsp3) is 0.522. The first kappa shape index (κ1) is 25.0. The Morgan fingerprint density at radius 3 is 2.12 bits per heavy atom. The van der Waals surface area contributed by atoms with Crippen molar-refractivity contribution in [2.45, 2.75) is 72.4 Å². The lowest BCUT2D eigenvalue weighted by molar-refractivity contribution is -0.384. The maximum atomic E-state index is 13.0. The van der Waals surface area contributed by atoms with Gasteiger partial charge in [0.1, 0.15) is 12.4 Å². The van der Waals surface area contributed by atoms with Gasteiger partial charge in [0, 0.05) is 35.2 Å². The molecular formula is C23H33N5O4. The molecule has 174 valence electrons. The van der Waals surface area contributed by atoms with E-state index in [9.17, 15) is 19.7 Å². The van der Waals surface area contributed by atoms with E-state index < -0.39 is 4.92 Å². The average Bonchev–Trinajstić information content (AvgIpc) is 3.10. The van der Waals surface area contributed by atoms with E-state index >= 15 is 0 Å². The number of rotatable bonds is 6. The van der Waals surface area contributed by atoms with Crippen LogP contribution in [0.25, 0.3) is 0 Å². The average molecular weight is 444 g/mol. The van der Waals surface area contributed by atoms with Crippen molar-refractivity contribution in [2.24, 2.45) is 0 Å². The minimum absolute atomic E-state index is 0.0968. The van der Waals surface area contributed by atoms with Gasteiger partial charge in [-0.2, -0.15) is 5.10 Å². The van der Waals surface area contributed by atoms with E-state index in [0.29, 0.717) is 5.82 Å². The van der Waals surface area contributed by atoms with Crippen molar-refractivity contribution in [1.29, 1.82) is 0 Å². The molecule has 0 aliphatic heterocycles. The highest BCUT2D eigenvalue weighted by Gasteiger charge is 2.27. The molecule has 0 spiro atoms. The third-order valence-electron chi connectivity index (χ3n) is 4.90. The summed E-state index contributed by atoms with van der Waals surface area (Å²) in [6, 6.07) is 6.97. The second-order valence-electron chi connectivity index (χ2n) is 10.1. The number of nitro groups is 1. The van der Waals surface area contributed by atoms with Gasteiger partial charge in [-0.05, 0) is 46.8 Å². The van der Waals surface area contributed by atoms with E-state index in [-0.39, 0.29) is 46.6 Å². The van der Waals surface area contributed by atoms with Crippen molar-refractivity contribution < 1.29 is 14.5 Å². The number of hydrogen-bond donors (Lipinski definition) is 1. The molecule has 0 atom stereocenters. The molecule has 1 aromatic carbocycles. The van der Waals surface area contributed by atoms with Gasteiger partial charge >= 0.3 is 0 Å². The Bertz CT molecular complexity index is 995. The van der Waals surface area contributed by atoms with Gasteiger partial charge in [-0.25, -0.2) is 4.68 Å². The van der Waals surface area contributed by atoms with Gasteiger partial charge in [-0.3, -0.25) is 19.7 Å². The minimum atomic E-state index is -0.522. The number of hydrogen-bond acceptors (Lipinski definition) is 5. The first-order valence-corrected chi connectivity index (χ1v) is 10.6. The summed E-state index contributed by atoms with van der Waals surface area (Å²) >= 11 is 0. The fourth-order valence-electron chi connectivity index (χ4n) is 3.07. The number of benzene rings is 1. The first-order valence-electron chi connectivity index (χ1n) is 10.6. The molecule has 0 bridgehead atoms. The smallest absolute Gasteiger partial charge is 0.269 e. The van der Waals surface area contributed by atoms with Crippen molar-refractivity contribution in [3.05, 3.63) is 51.7 Å². The zero-order chi connectivity index (χ0) is 24.4. The Morgan fingerprint density at radius 1 is 1.12 bits per heavy atom. The summed E-state index contributed by atoms with van der Waals surface area (Å²) in [5, 5.41) is 18.5. The molecule has 0 saturated heterocycles. The van der Waals surface area contributed by atoms with E-state index in [1.807, 2.05) is 40.7 Å². The van der Waals surface area contributed by atoms with Gasteiger partial charge < -0.3 is 10.2 Å². The van der Waals surface area contributed by atoms with Crippen molar-refractivity contribution in [1.82, 2.24) is 14.7 Å². The van der Waals surface area contributed by atoms with Crippen molar-refractivity contribution in [3.63, 3.8) is 0 Å². The van der Waals surface area contributed by atoms with Crippen molar-refractivity contribution >= 4 is 23.3 Å². The third kappa shape index (κ3) is 5.93. The minimum Gasteiger partial charge on any atom is -0.327 e. The highest BCUT2D eigenvalue weighted by Crippen LogP contribution is 2.28. The molecule has 2 rings (SSSR count). The molecule has 0 aliphatic carbocycles. The van der Waals surface area contributed by atoms with Crippen LogP contribution in [0.15, 0.2) is 30.3 Å². The summed E-state index contributed by atoms with van der Waals surface area (Å²) in [4.78, 5) is 37.6. The fourth-order valence-corrected chi connectivity index (χ4v) is 3.07. The number of amides is 2. The molecule has 1 N–H and O–H groups in total. The molecule has 0 saturated carbocycles. The van der Waals surface area contributed by atoms with Gasteiger partial charge in [0.05, 0.1) is 16.2 Å². The van der Waals surface area contributed by atoms with Gasteiger partial charge in [-0.1, -0.05) is 20.8 Å². The number of anilines is 1. The van der Waals surface area contributed by atoms with Crippen LogP contribution in [0, 0.1) is 10.1 Å². The van der Waals surface area contributed by atoms with Crippen LogP contribution in [-0.4, -0.2) is 44.0 Å². The monoisotopic (exact) mass is 443 g/mol. The van der Waals surface area contributed by atoms with Crippen LogP contribution in [-0.2, 0) is 15.7 Å². The summed E-state index contributed by atoms with van der Waals surface area (Å²) in [5.41, 5.74) is 0.502. The predicted octanol–water partition coefficient (Wildman–Crippen LogP) is 4.33. The van der Waals surface area contributed by atoms with E-state index in [1.165, 1.54) is 29.2 Å². The maximum absolute atomic E-state index is 13.0. The van der Waals surface area contributed by atoms with Gasteiger partial charge in [0.25, 0.3) is 11.6 Å². The highest BCUT2D eigenvalue weighted by molar-refractivity contribution is 5.99. The highest BCUT2D eigenvalue weighted by atomic mass is 16.6. The maximum Gasteiger partial charge on any atom is 0.269 e. The molecule has 1 aromatic heterocycles. The quantitative estimate of drug-likeness (QED) is 0.528. The van der Waals surface area contributed by atoms with Crippen LogP contribution in [0.3, 0.4) is 0 Å². The van der Waals surface area contributed by atoms with Gasteiger partial charge in [-0.15, -0.1) is 0 Å². The van der Waals surface area contributed by atoms with E-state index in [4.69, 9.17) is 5.10 Å². The molecule has 9 heteroatoms. The number of nitro benzene ring substituents is 1. The van der Waals surface area contributed by atoms with Crippen LogP contribution >= 0.6 is 0 Å². The van der Waals surface area contributed by atoms with Crippen LogP contribution < -0.4 is 5.32 Å². The molecule has 2 aromatic rings. The summed E-state index contributed by atoms with van der Waals surface area (Å²) in [5.74, 6) is -0.150. The molecule has 32 heavy (non-hydrogen) atoms. The number of carbonyl (C=O) groups is 2. The zero-order valence-corrected chi connectivity index (χ0v) is 20.1. The third-order valence-corrected chi connectivity index (χ3v) is 4.90. The number of aromatic nitrogens is 2. The van der Waals surface area contributed by atoms with E-state index in [2.05, 4.69) is 26.1 Å². The molecule has 1 heterocycles. The van der Waals surface area contributed by atoms with Crippen LogP contribution in [0.2, 0.25) is 0 Å². The molecule has 2 amide bonds. The van der Waals surface area contributed by atoms with Crippen LogP contribution in [0.5, 0.6) is 0 Å². The zero-order valence-electron chi connectivity index (χ0n) is 20.1. The molecular weight excluding hydrogens is 410 g/mol. The van der Waals surface area contributed by atoms with Gasteiger partial charge in [0.2, 0.25) is 5.91 Å². The molecule has 0 unspecified atom stereocenters. The normalized spacial score (nSPS) is 12.0. The van der Waals surface area contributed by atoms with Crippen LogP contribution in [0.4, 0.5) is 11.5 Å². The Morgan fingerprint density at radius 2 is 1.69 bits per heavy atom. The lowest BCUT2D eigenvalue weighted by atomic mass is 9.92. The molecule has 0 radical (unpaired) electrons. The van der Waals surface area contributed by atoms with Crippen molar-refractivity contribution in [2.75, 3.05) is 11.9 Å². The first-order chi connectivity index (χ1) is 14.6. The number of nitrogens with one attached hydrogen (secondary N) is 1. The Hall–Kier alpha value is -3.23. The second-order valence-corrected chi connectivity index (χ2v) is 10.1. The summed E-state index contributed by atoms with van der Waals surface area (Å²) in [6.07, 6.45) is 0. The largest absolute Gasteiger partial charge is 0.327 e. The van der Waals surface area contributed by atoms with Gasteiger partial charge in [0.15, 0.2) is 0 Å². The molecule has 0 aliphatic rings. The Balaban J connectivity index is 2.25. The Labute approximate surface area is 188 Å². The van der Waals surface area contributed by atoms with E-state index in [1.54, 1.807) is 4.68 Å². The number of nitrogens with zero attached hydrogens (tertiary/aromatic N) is 4. The number of non-ortho nitro benzene ring substituents is 1. The molecule has 9 nitrogen and oxygen atoms in total. The topological polar surface area (TPSA) is 110 Å². The van der Waals surface area contributed by atoms with E-state index in [0.717, 1.165) is 5.69 Å².